The Morgan fingerprint density at radius 2 is 1.81 bits per heavy atom. The van der Waals surface area contributed by atoms with Gasteiger partial charge in [0.2, 0.25) is 5.90 Å². The van der Waals surface area contributed by atoms with Gasteiger partial charge in [0.1, 0.15) is 17.5 Å². The van der Waals surface area contributed by atoms with E-state index in [1.165, 1.54) is 0 Å². The summed E-state index contributed by atoms with van der Waals surface area (Å²) in [6.45, 7) is 8.04. The lowest BCUT2D eigenvalue weighted by atomic mass is 9.87. The largest absolute Gasteiger partial charge is 0.494 e. The van der Waals surface area contributed by atoms with Crippen LogP contribution >= 0.6 is 0 Å². The zero-order valence-corrected chi connectivity index (χ0v) is 21.5. The maximum Gasteiger partial charge on any atom is 0.306 e. The van der Waals surface area contributed by atoms with Crippen LogP contribution < -0.4 is 10.1 Å². The van der Waals surface area contributed by atoms with Gasteiger partial charge in [0.05, 0.1) is 6.61 Å². The van der Waals surface area contributed by atoms with Gasteiger partial charge in [-0.25, -0.2) is 4.99 Å². The van der Waals surface area contributed by atoms with Crippen LogP contribution in [0.5, 0.6) is 5.75 Å². The van der Waals surface area contributed by atoms with E-state index in [9.17, 15) is 9.59 Å². The van der Waals surface area contributed by atoms with Crippen molar-refractivity contribution in [1.82, 2.24) is 5.32 Å². The molecule has 3 rings (SSSR count). The van der Waals surface area contributed by atoms with E-state index in [0.29, 0.717) is 36.8 Å². The summed E-state index contributed by atoms with van der Waals surface area (Å²) in [5, 5.41) is 11.9. The maximum absolute atomic E-state index is 13.5. The number of rotatable bonds is 11. The molecule has 8 nitrogen and oxygen atoms in total. The SMILES string of the molecule is C[C@H]1OC(c2ccc(OCCCO)cc2)=N[C@@]1(CCC(=O)OC(C)(C)C)C(=O)NCc1ccccc1. The predicted molar refractivity (Wildman–Crippen MR) is 137 cm³/mol. The number of amides is 1. The van der Waals surface area contributed by atoms with Crippen LogP contribution in [-0.4, -0.2) is 53.3 Å². The van der Waals surface area contributed by atoms with Gasteiger partial charge in [-0.2, -0.15) is 0 Å². The fourth-order valence-electron chi connectivity index (χ4n) is 3.87. The summed E-state index contributed by atoms with van der Waals surface area (Å²) in [5.41, 5.74) is -0.239. The molecule has 0 fully saturated rings. The quantitative estimate of drug-likeness (QED) is 0.362. The number of aliphatic hydroxyl groups is 1. The van der Waals surface area contributed by atoms with Crippen molar-refractivity contribution in [3.05, 3.63) is 65.7 Å². The Bertz CT molecular complexity index is 1050. The lowest BCUT2D eigenvalue weighted by Gasteiger charge is -2.28. The van der Waals surface area contributed by atoms with E-state index in [4.69, 9.17) is 24.3 Å². The van der Waals surface area contributed by atoms with Crippen LogP contribution in [0.15, 0.2) is 59.6 Å². The standard InChI is InChI=1S/C28H36N2O6/c1-20-28(16-15-24(32)36-27(2,3)4,26(33)29-19-21-9-6-5-7-10-21)30-25(35-20)22-11-13-23(14-12-22)34-18-8-17-31/h5-7,9-14,20,31H,8,15-19H2,1-4H3,(H,29,33)/t20-,28-/m1/s1. The lowest BCUT2D eigenvalue weighted by molar-refractivity contribution is -0.155. The molecule has 0 spiro atoms. The average molecular weight is 497 g/mol. The lowest BCUT2D eigenvalue weighted by Crippen LogP contribution is -2.51. The number of esters is 1. The number of hydrogen-bond donors (Lipinski definition) is 2. The van der Waals surface area contributed by atoms with E-state index in [1.807, 2.05) is 63.2 Å². The molecule has 2 aromatic carbocycles. The van der Waals surface area contributed by atoms with Crippen LogP contribution in [0.3, 0.4) is 0 Å². The van der Waals surface area contributed by atoms with Gasteiger partial charge in [-0.1, -0.05) is 30.3 Å². The Kier molecular flexibility index (Phi) is 9.09. The summed E-state index contributed by atoms with van der Waals surface area (Å²) in [5.74, 6) is 0.304. The van der Waals surface area contributed by atoms with Crippen molar-refractivity contribution in [2.75, 3.05) is 13.2 Å². The second kappa shape index (κ2) is 12.0. The van der Waals surface area contributed by atoms with E-state index in [2.05, 4.69) is 5.32 Å². The summed E-state index contributed by atoms with van der Waals surface area (Å²) in [6.07, 6.45) is 0.132. The fourth-order valence-corrected chi connectivity index (χ4v) is 3.87. The molecular weight excluding hydrogens is 460 g/mol. The first-order valence-electron chi connectivity index (χ1n) is 12.3. The Morgan fingerprint density at radius 3 is 2.44 bits per heavy atom. The molecule has 0 radical (unpaired) electrons. The molecule has 0 saturated heterocycles. The van der Waals surface area contributed by atoms with Crippen molar-refractivity contribution in [3.63, 3.8) is 0 Å². The van der Waals surface area contributed by atoms with Gasteiger partial charge in [-0.05, 0) is 63.9 Å². The van der Waals surface area contributed by atoms with Gasteiger partial charge in [0.15, 0.2) is 5.54 Å². The Labute approximate surface area is 212 Å². The molecule has 0 saturated carbocycles. The van der Waals surface area contributed by atoms with E-state index in [1.54, 1.807) is 19.1 Å². The van der Waals surface area contributed by atoms with Crippen LogP contribution in [-0.2, 0) is 25.6 Å². The van der Waals surface area contributed by atoms with Crippen LogP contribution in [0.4, 0.5) is 0 Å². The van der Waals surface area contributed by atoms with E-state index >= 15 is 0 Å². The van der Waals surface area contributed by atoms with Crippen LogP contribution in [0.2, 0.25) is 0 Å². The van der Waals surface area contributed by atoms with Crippen LogP contribution in [0, 0.1) is 0 Å². The normalized spacial score (nSPS) is 19.2. The fraction of sp³-hybridized carbons (Fsp3) is 0.464. The Balaban J connectivity index is 1.81. The third kappa shape index (κ3) is 7.31. The van der Waals surface area contributed by atoms with Gasteiger partial charge in [-0.15, -0.1) is 0 Å². The first-order valence-corrected chi connectivity index (χ1v) is 12.3. The number of nitrogens with zero attached hydrogens (tertiary/aromatic N) is 1. The van der Waals surface area contributed by atoms with Crippen molar-refractivity contribution < 1.29 is 28.9 Å². The van der Waals surface area contributed by atoms with Gasteiger partial charge < -0.3 is 24.6 Å². The summed E-state index contributed by atoms with van der Waals surface area (Å²) < 4.78 is 17.1. The molecule has 0 aromatic heterocycles. The highest BCUT2D eigenvalue weighted by atomic mass is 16.6. The highest BCUT2D eigenvalue weighted by Crippen LogP contribution is 2.34. The molecule has 194 valence electrons. The minimum Gasteiger partial charge on any atom is -0.494 e. The molecule has 0 aliphatic carbocycles. The average Bonchev–Trinajstić information content (AvgIpc) is 3.18. The smallest absolute Gasteiger partial charge is 0.306 e. The monoisotopic (exact) mass is 496 g/mol. The number of carbonyl (C=O) groups is 2. The molecule has 1 aliphatic rings. The summed E-state index contributed by atoms with van der Waals surface area (Å²) in [7, 11) is 0. The van der Waals surface area contributed by atoms with Gasteiger partial charge in [-0.3, -0.25) is 9.59 Å². The van der Waals surface area contributed by atoms with Crippen molar-refractivity contribution >= 4 is 17.8 Å². The molecule has 2 N–H and O–H groups in total. The van der Waals surface area contributed by atoms with Crippen molar-refractivity contribution in [2.45, 2.75) is 70.7 Å². The minimum absolute atomic E-state index is 0.0259. The third-order valence-electron chi connectivity index (χ3n) is 5.75. The van der Waals surface area contributed by atoms with Crippen molar-refractivity contribution in [2.24, 2.45) is 4.99 Å². The molecule has 0 unspecified atom stereocenters. The molecule has 1 heterocycles. The molecule has 0 bridgehead atoms. The third-order valence-corrected chi connectivity index (χ3v) is 5.75. The second-order valence-electron chi connectivity index (χ2n) is 9.81. The highest BCUT2D eigenvalue weighted by molar-refractivity contribution is 6.00. The molecule has 2 atom stereocenters. The van der Waals surface area contributed by atoms with E-state index < -0.39 is 23.2 Å². The number of aliphatic hydroxyl groups excluding tert-OH is 1. The molecule has 8 heteroatoms. The first kappa shape index (κ1) is 27.2. The number of ether oxygens (including phenoxy) is 3. The Hall–Kier alpha value is -3.39. The summed E-state index contributed by atoms with van der Waals surface area (Å²) in [6, 6.07) is 16.8. The van der Waals surface area contributed by atoms with Gasteiger partial charge in [0.25, 0.3) is 5.91 Å². The minimum atomic E-state index is -1.28. The van der Waals surface area contributed by atoms with Gasteiger partial charge >= 0.3 is 5.97 Å². The van der Waals surface area contributed by atoms with Crippen molar-refractivity contribution in [1.29, 1.82) is 0 Å². The van der Waals surface area contributed by atoms with Gasteiger partial charge in [0, 0.05) is 31.6 Å². The number of nitrogens with one attached hydrogen (secondary N) is 1. The topological polar surface area (TPSA) is 106 Å². The predicted octanol–water partition coefficient (Wildman–Crippen LogP) is 3.79. The molecule has 1 aliphatic heterocycles. The zero-order chi connectivity index (χ0) is 26.2. The van der Waals surface area contributed by atoms with Crippen molar-refractivity contribution in [3.8, 4) is 5.75 Å². The molecule has 2 aromatic rings. The number of carbonyl (C=O) groups excluding carboxylic acids is 2. The first-order chi connectivity index (χ1) is 17.1. The molecule has 1 amide bonds. The summed E-state index contributed by atoms with van der Waals surface area (Å²) >= 11 is 0. The zero-order valence-electron chi connectivity index (χ0n) is 21.5. The number of hydrogen-bond acceptors (Lipinski definition) is 7. The van der Waals surface area contributed by atoms with Crippen LogP contribution in [0.1, 0.15) is 58.1 Å². The van der Waals surface area contributed by atoms with E-state index in [-0.39, 0.29) is 25.4 Å². The Morgan fingerprint density at radius 1 is 1.11 bits per heavy atom. The number of aliphatic imine (C=N–C) groups is 1. The van der Waals surface area contributed by atoms with Crippen LogP contribution in [0.25, 0.3) is 0 Å². The maximum atomic E-state index is 13.5. The molecule has 36 heavy (non-hydrogen) atoms. The van der Waals surface area contributed by atoms with E-state index in [0.717, 1.165) is 5.56 Å². The number of benzene rings is 2. The second-order valence-corrected chi connectivity index (χ2v) is 9.81. The summed E-state index contributed by atoms with van der Waals surface area (Å²) in [4.78, 5) is 30.8. The highest BCUT2D eigenvalue weighted by Gasteiger charge is 2.50. The molecular formula is C28H36N2O6.